The van der Waals surface area contributed by atoms with Crippen LogP contribution in [-0.4, -0.2) is 56.7 Å². The molecule has 2 bridgehead atoms. The van der Waals surface area contributed by atoms with Crippen LogP contribution in [0.15, 0.2) is 41.2 Å². The van der Waals surface area contributed by atoms with E-state index >= 15 is 0 Å². The number of nitro benzene ring substituents is 1. The van der Waals surface area contributed by atoms with Crippen molar-refractivity contribution in [1.82, 2.24) is 9.47 Å². The number of aliphatic hydroxyl groups is 1. The van der Waals surface area contributed by atoms with Crippen LogP contribution in [0.25, 0.3) is 0 Å². The lowest BCUT2D eigenvalue weighted by molar-refractivity contribution is -0.384. The maximum absolute atomic E-state index is 14.3. The van der Waals surface area contributed by atoms with E-state index in [0.717, 1.165) is 49.0 Å². The van der Waals surface area contributed by atoms with E-state index < -0.39 is 5.60 Å². The summed E-state index contributed by atoms with van der Waals surface area (Å²) in [4.78, 5) is 42.6. The fourth-order valence-electron chi connectivity index (χ4n) is 8.44. The molecule has 5 heterocycles. The molecule has 1 saturated carbocycles. The van der Waals surface area contributed by atoms with Gasteiger partial charge in [0.05, 0.1) is 16.4 Å². The van der Waals surface area contributed by atoms with Crippen molar-refractivity contribution >= 4 is 17.3 Å². The maximum atomic E-state index is 14.3. The molecule has 6 atom stereocenters. The van der Waals surface area contributed by atoms with Crippen molar-refractivity contribution in [2.75, 3.05) is 24.5 Å². The fourth-order valence-corrected chi connectivity index (χ4v) is 8.44. The second kappa shape index (κ2) is 8.66. The molecule has 2 aromatic rings. The average Bonchev–Trinajstić information content (AvgIpc) is 2.92. The normalized spacial score (nSPS) is 33.4. The number of nitro groups is 1. The van der Waals surface area contributed by atoms with Gasteiger partial charge in [-0.05, 0) is 55.7 Å². The fraction of sp³-hybridized carbons (Fsp3) is 0.586. The molecule has 4 unspecified atom stereocenters. The summed E-state index contributed by atoms with van der Waals surface area (Å²) in [6, 6.07) is 10.5. The molecule has 1 aromatic carbocycles. The number of rotatable bonds is 2. The van der Waals surface area contributed by atoms with Gasteiger partial charge in [0.2, 0.25) is 5.91 Å². The van der Waals surface area contributed by atoms with Crippen LogP contribution in [0.1, 0.15) is 55.7 Å². The number of likely N-dealkylation sites (tertiary alicyclic amines) is 1. The standard InChI is InChI=1S/C29H34N4O5/c34-26-6-3-5-24-19-12-20(16-31(24)26)27-23(14-18-13-22(33(37)38)7-8-25(18)32(27)15-19)28(35)30-11-10-29(36)9-2-1-4-21(29)17-30/h3,5-8,13,19-21,23,27,36H,1-2,4,9-12,14-17H2/t19?,20?,21?,23-,27+,29?/m1/s1. The van der Waals surface area contributed by atoms with E-state index in [4.69, 9.17) is 0 Å². The van der Waals surface area contributed by atoms with Gasteiger partial charge in [-0.2, -0.15) is 0 Å². The summed E-state index contributed by atoms with van der Waals surface area (Å²) in [5.74, 6) is 0.164. The van der Waals surface area contributed by atoms with Gasteiger partial charge in [-0.1, -0.05) is 18.9 Å². The number of anilines is 1. The van der Waals surface area contributed by atoms with E-state index in [2.05, 4.69) is 4.90 Å². The lowest BCUT2D eigenvalue weighted by Gasteiger charge is -2.55. The highest BCUT2D eigenvalue weighted by Crippen LogP contribution is 2.49. The summed E-state index contributed by atoms with van der Waals surface area (Å²) < 4.78 is 1.89. The summed E-state index contributed by atoms with van der Waals surface area (Å²) >= 11 is 0. The number of hydrogen-bond acceptors (Lipinski definition) is 6. The zero-order valence-electron chi connectivity index (χ0n) is 21.5. The number of non-ortho nitro benzene ring substituents is 1. The monoisotopic (exact) mass is 518 g/mol. The first kappa shape index (κ1) is 23.9. The molecule has 0 spiro atoms. The second-order valence-corrected chi connectivity index (χ2v) is 12.2. The number of hydrogen-bond donors (Lipinski definition) is 1. The number of amides is 1. The molecule has 38 heavy (non-hydrogen) atoms. The Labute approximate surface area is 221 Å². The molecule has 1 aliphatic carbocycles. The minimum Gasteiger partial charge on any atom is -0.389 e. The van der Waals surface area contributed by atoms with E-state index in [1.54, 1.807) is 18.2 Å². The molecule has 9 nitrogen and oxygen atoms in total. The number of nitrogens with zero attached hydrogens (tertiary/aromatic N) is 4. The lowest BCUT2D eigenvalue weighted by Crippen LogP contribution is -2.63. The molecule has 1 amide bonds. The predicted molar refractivity (Wildman–Crippen MR) is 141 cm³/mol. The van der Waals surface area contributed by atoms with Crippen LogP contribution >= 0.6 is 0 Å². The summed E-state index contributed by atoms with van der Waals surface area (Å²) in [5.41, 5.74) is 2.27. The second-order valence-electron chi connectivity index (χ2n) is 12.2. The number of pyridine rings is 1. The van der Waals surface area contributed by atoms with Gasteiger partial charge in [-0.15, -0.1) is 0 Å². The molecule has 9 heteroatoms. The Morgan fingerprint density at radius 2 is 1.97 bits per heavy atom. The first-order valence-corrected chi connectivity index (χ1v) is 14.1. The zero-order valence-corrected chi connectivity index (χ0v) is 21.5. The number of carbonyl (C=O) groups is 1. The van der Waals surface area contributed by atoms with Crippen molar-refractivity contribution in [3.05, 3.63) is 68.1 Å². The van der Waals surface area contributed by atoms with Gasteiger partial charge < -0.3 is 19.5 Å². The van der Waals surface area contributed by atoms with Gasteiger partial charge in [-0.3, -0.25) is 19.7 Å². The van der Waals surface area contributed by atoms with Gasteiger partial charge in [0.15, 0.2) is 0 Å². The number of benzene rings is 1. The highest BCUT2D eigenvalue weighted by atomic mass is 16.6. The third kappa shape index (κ3) is 3.61. The Hall–Kier alpha value is -3.20. The average molecular weight is 519 g/mol. The largest absolute Gasteiger partial charge is 0.389 e. The molecule has 3 fully saturated rings. The number of carbonyl (C=O) groups excluding carboxylic acids is 1. The van der Waals surface area contributed by atoms with Gasteiger partial charge in [0, 0.05) is 73.6 Å². The topological polar surface area (TPSA) is 109 Å². The van der Waals surface area contributed by atoms with Gasteiger partial charge in [0.1, 0.15) is 0 Å². The third-order valence-corrected chi connectivity index (χ3v) is 10.3. The van der Waals surface area contributed by atoms with Crippen molar-refractivity contribution in [2.45, 2.75) is 69.1 Å². The highest BCUT2D eigenvalue weighted by Gasteiger charge is 2.51. The van der Waals surface area contributed by atoms with E-state index in [-0.39, 0.29) is 51.8 Å². The van der Waals surface area contributed by atoms with E-state index in [9.17, 15) is 24.8 Å². The van der Waals surface area contributed by atoms with E-state index in [0.29, 0.717) is 39.0 Å². The van der Waals surface area contributed by atoms with E-state index in [1.807, 2.05) is 27.7 Å². The molecular weight excluding hydrogens is 484 g/mol. The molecule has 5 aliphatic rings. The summed E-state index contributed by atoms with van der Waals surface area (Å²) in [5, 5.41) is 22.8. The van der Waals surface area contributed by atoms with Gasteiger partial charge in [0.25, 0.3) is 11.2 Å². The van der Waals surface area contributed by atoms with Crippen LogP contribution < -0.4 is 10.5 Å². The van der Waals surface area contributed by atoms with Gasteiger partial charge in [-0.25, -0.2) is 0 Å². The Kier molecular flexibility index (Phi) is 5.44. The number of piperidine rings is 2. The molecule has 7 rings (SSSR count). The van der Waals surface area contributed by atoms with Crippen molar-refractivity contribution in [3.63, 3.8) is 0 Å². The van der Waals surface area contributed by atoms with Crippen LogP contribution in [0, 0.1) is 27.9 Å². The van der Waals surface area contributed by atoms with Crippen molar-refractivity contribution < 1.29 is 14.8 Å². The Balaban J connectivity index is 1.27. The zero-order chi connectivity index (χ0) is 26.2. The van der Waals surface area contributed by atoms with Crippen LogP contribution in [0.2, 0.25) is 0 Å². The third-order valence-electron chi connectivity index (χ3n) is 10.3. The van der Waals surface area contributed by atoms with Crippen LogP contribution in [0.5, 0.6) is 0 Å². The summed E-state index contributed by atoms with van der Waals surface area (Å²) in [7, 11) is 0. The first-order chi connectivity index (χ1) is 18.3. The molecule has 4 aliphatic heterocycles. The number of aromatic nitrogens is 1. The smallest absolute Gasteiger partial charge is 0.269 e. The highest BCUT2D eigenvalue weighted by molar-refractivity contribution is 5.83. The minimum absolute atomic E-state index is 0.00738. The Bertz CT molecular complexity index is 1370. The van der Waals surface area contributed by atoms with Gasteiger partial charge >= 0.3 is 0 Å². The molecular formula is C29H34N4O5. The van der Waals surface area contributed by atoms with Crippen LogP contribution in [-0.2, 0) is 17.8 Å². The van der Waals surface area contributed by atoms with Crippen LogP contribution in [0.4, 0.5) is 11.4 Å². The van der Waals surface area contributed by atoms with Crippen LogP contribution in [0.3, 0.4) is 0 Å². The number of fused-ring (bicyclic) bond motifs is 9. The summed E-state index contributed by atoms with van der Waals surface area (Å²) in [6.07, 6.45) is 5.89. The molecule has 0 radical (unpaired) electrons. The Morgan fingerprint density at radius 1 is 1.11 bits per heavy atom. The van der Waals surface area contributed by atoms with Crippen molar-refractivity contribution in [2.24, 2.45) is 17.8 Å². The van der Waals surface area contributed by atoms with Crippen molar-refractivity contribution in [3.8, 4) is 0 Å². The Morgan fingerprint density at radius 3 is 2.82 bits per heavy atom. The predicted octanol–water partition coefficient (Wildman–Crippen LogP) is 3.07. The maximum Gasteiger partial charge on any atom is 0.269 e. The molecule has 2 saturated heterocycles. The quantitative estimate of drug-likeness (QED) is 0.484. The first-order valence-electron chi connectivity index (χ1n) is 14.1. The minimum atomic E-state index is -0.660. The molecule has 1 aromatic heterocycles. The molecule has 200 valence electrons. The van der Waals surface area contributed by atoms with E-state index in [1.165, 1.54) is 0 Å². The lowest BCUT2D eigenvalue weighted by atomic mass is 9.68. The SMILES string of the molecule is O=C([C@@H]1Cc2cc([N+](=O)[O-])ccc2N2CC3CC(Cn4c3cccc4=O)[C@@H]12)N1CCC2(O)CCCCC2C1. The molecule has 1 N–H and O–H groups in total. The van der Waals surface area contributed by atoms with Crippen molar-refractivity contribution in [1.29, 1.82) is 0 Å². The summed E-state index contributed by atoms with van der Waals surface area (Å²) in [6.45, 7) is 2.39.